The molecular weight excluding hydrogens is 296 g/mol. The lowest BCUT2D eigenvalue weighted by Crippen LogP contribution is -2.04. The predicted molar refractivity (Wildman–Crippen MR) is 77.6 cm³/mol. The quantitative estimate of drug-likeness (QED) is 0.890. The molecule has 0 atom stereocenters. The van der Waals surface area contributed by atoms with Gasteiger partial charge in [0, 0.05) is 11.3 Å². The van der Waals surface area contributed by atoms with E-state index in [0.29, 0.717) is 6.42 Å². The zero-order valence-electron chi connectivity index (χ0n) is 10.7. The first-order valence-electron chi connectivity index (χ1n) is 6.03. The summed E-state index contributed by atoms with van der Waals surface area (Å²) in [6.07, 6.45) is 0.446. The van der Waals surface area contributed by atoms with E-state index in [-0.39, 0.29) is 17.1 Å². The van der Waals surface area contributed by atoms with Crippen LogP contribution in [0.2, 0.25) is 0 Å². The molecule has 1 heterocycles. The Balaban J connectivity index is 2.10. The smallest absolute Gasteiger partial charge is 0.303 e. The second-order valence-electron chi connectivity index (χ2n) is 4.38. The van der Waals surface area contributed by atoms with Gasteiger partial charge in [-0.2, -0.15) is 0 Å². The second-order valence-corrected chi connectivity index (χ2v) is 7.40. The van der Waals surface area contributed by atoms with Crippen LogP contribution in [0.1, 0.15) is 16.9 Å². The van der Waals surface area contributed by atoms with Crippen molar-refractivity contribution < 1.29 is 18.3 Å². The van der Waals surface area contributed by atoms with Crippen LogP contribution in [-0.2, 0) is 26.8 Å². The molecule has 2 aromatic rings. The highest BCUT2D eigenvalue weighted by Crippen LogP contribution is 2.20. The van der Waals surface area contributed by atoms with E-state index in [1.807, 2.05) is 11.4 Å². The van der Waals surface area contributed by atoms with E-state index in [2.05, 4.69) is 0 Å². The van der Waals surface area contributed by atoms with Crippen molar-refractivity contribution in [2.75, 3.05) is 0 Å². The van der Waals surface area contributed by atoms with E-state index >= 15 is 0 Å². The summed E-state index contributed by atoms with van der Waals surface area (Å²) in [5.41, 5.74) is 0.822. The molecule has 20 heavy (non-hydrogen) atoms. The molecule has 0 amide bonds. The number of thiophene rings is 1. The highest BCUT2D eigenvalue weighted by Gasteiger charge is 2.15. The molecule has 0 aliphatic rings. The van der Waals surface area contributed by atoms with Crippen LogP contribution in [-0.4, -0.2) is 19.5 Å². The standard InChI is InChI=1S/C14H14O4S2/c15-14(16)8-5-11-3-6-13(7-4-11)20(17,18)10-12-2-1-9-19-12/h1-4,6-7,9H,5,8,10H2,(H,15,16). The van der Waals surface area contributed by atoms with Crippen LogP contribution in [0.3, 0.4) is 0 Å². The van der Waals surface area contributed by atoms with E-state index in [1.165, 1.54) is 11.3 Å². The summed E-state index contributed by atoms with van der Waals surface area (Å²) in [5.74, 6) is -0.863. The SMILES string of the molecule is O=C(O)CCc1ccc(S(=O)(=O)Cc2cccs2)cc1. The van der Waals surface area contributed by atoms with Gasteiger partial charge in [0.2, 0.25) is 0 Å². The Labute approximate surface area is 121 Å². The summed E-state index contributed by atoms with van der Waals surface area (Å²) in [6.45, 7) is 0. The maximum absolute atomic E-state index is 12.2. The second kappa shape index (κ2) is 6.19. The summed E-state index contributed by atoms with van der Waals surface area (Å²) in [6, 6.07) is 10.0. The first-order valence-corrected chi connectivity index (χ1v) is 8.56. The first kappa shape index (κ1) is 14.7. The Kier molecular flexibility index (Phi) is 4.57. The van der Waals surface area contributed by atoms with Crippen molar-refractivity contribution in [3.05, 3.63) is 52.2 Å². The lowest BCUT2D eigenvalue weighted by molar-refractivity contribution is -0.136. The number of rotatable bonds is 6. The average molecular weight is 310 g/mol. The molecule has 106 valence electrons. The van der Waals surface area contributed by atoms with Crippen molar-refractivity contribution in [2.24, 2.45) is 0 Å². The fourth-order valence-corrected chi connectivity index (χ4v) is 4.19. The van der Waals surface area contributed by atoms with Crippen molar-refractivity contribution >= 4 is 27.1 Å². The van der Waals surface area contributed by atoms with Crippen LogP contribution in [0.4, 0.5) is 0 Å². The summed E-state index contributed by atoms with van der Waals surface area (Å²) >= 11 is 1.41. The summed E-state index contributed by atoms with van der Waals surface area (Å²) in [5, 5.41) is 10.5. The Hall–Kier alpha value is -1.66. The van der Waals surface area contributed by atoms with Gasteiger partial charge in [0.05, 0.1) is 10.6 Å². The van der Waals surface area contributed by atoms with Crippen LogP contribution in [0.25, 0.3) is 0 Å². The number of benzene rings is 1. The van der Waals surface area contributed by atoms with Gasteiger partial charge in [-0.1, -0.05) is 18.2 Å². The summed E-state index contributed by atoms with van der Waals surface area (Å²) in [7, 11) is -3.34. The number of sulfone groups is 1. The fourth-order valence-electron chi connectivity index (χ4n) is 1.78. The average Bonchev–Trinajstić information content (AvgIpc) is 2.89. The van der Waals surface area contributed by atoms with E-state index in [1.54, 1.807) is 30.3 Å². The largest absolute Gasteiger partial charge is 0.481 e. The molecule has 1 N–H and O–H groups in total. The van der Waals surface area contributed by atoms with Crippen LogP contribution >= 0.6 is 11.3 Å². The Morgan fingerprint density at radius 2 is 1.85 bits per heavy atom. The highest BCUT2D eigenvalue weighted by molar-refractivity contribution is 7.90. The van der Waals surface area contributed by atoms with Gasteiger partial charge in [-0.15, -0.1) is 11.3 Å². The molecule has 0 fully saturated rings. The van der Waals surface area contributed by atoms with Crippen molar-refractivity contribution in [1.29, 1.82) is 0 Å². The van der Waals surface area contributed by atoms with E-state index in [9.17, 15) is 13.2 Å². The molecule has 0 saturated carbocycles. The van der Waals surface area contributed by atoms with Crippen molar-refractivity contribution in [3.63, 3.8) is 0 Å². The molecule has 1 aromatic carbocycles. The monoisotopic (exact) mass is 310 g/mol. The van der Waals surface area contributed by atoms with Gasteiger partial charge in [0.25, 0.3) is 0 Å². The number of aliphatic carboxylic acids is 1. The molecule has 6 heteroatoms. The molecule has 0 aliphatic carbocycles. The Morgan fingerprint density at radius 3 is 2.40 bits per heavy atom. The molecule has 0 radical (unpaired) electrons. The number of carboxylic acids is 1. The number of hydrogen-bond acceptors (Lipinski definition) is 4. The van der Waals surface area contributed by atoms with E-state index in [4.69, 9.17) is 5.11 Å². The summed E-state index contributed by atoms with van der Waals surface area (Å²) in [4.78, 5) is 11.6. The minimum absolute atomic E-state index is 0.000854. The molecular formula is C14H14O4S2. The molecule has 4 nitrogen and oxygen atoms in total. The van der Waals surface area contributed by atoms with Gasteiger partial charge in [-0.05, 0) is 35.6 Å². The molecule has 0 saturated heterocycles. The number of carbonyl (C=O) groups is 1. The van der Waals surface area contributed by atoms with Gasteiger partial charge in [0.15, 0.2) is 9.84 Å². The fraction of sp³-hybridized carbons (Fsp3) is 0.214. The first-order chi connectivity index (χ1) is 9.47. The van der Waals surface area contributed by atoms with Crippen LogP contribution in [0.5, 0.6) is 0 Å². The third-order valence-electron chi connectivity index (χ3n) is 2.82. The van der Waals surface area contributed by atoms with Crippen LogP contribution < -0.4 is 0 Å². The van der Waals surface area contributed by atoms with E-state index < -0.39 is 15.8 Å². The normalized spacial score (nSPS) is 11.4. The van der Waals surface area contributed by atoms with Crippen LogP contribution in [0, 0.1) is 0 Å². The Bertz CT molecular complexity index is 670. The van der Waals surface area contributed by atoms with Gasteiger partial charge >= 0.3 is 5.97 Å². The van der Waals surface area contributed by atoms with Crippen molar-refractivity contribution in [2.45, 2.75) is 23.5 Å². The Morgan fingerprint density at radius 1 is 1.15 bits per heavy atom. The maximum Gasteiger partial charge on any atom is 0.303 e. The van der Waals surface area contributed by atoms with Gasteiger partial charge < -0.3 is 5.11 Å². The minimum atomic E-state index is -3.34. The predicted octanol–water partition coefficient (Wildman–Crippen LogP) is 2.74. The zero-order valence-corrected chi connectivity index (χ0v) is 12.3. The van der Waals surface area contributed by atoms with Crippen molar-refractivity contribution in [1.82, 2.24) is 0 Å². The lowest BCUT2D eigenvalue weighted by atomic mass is 10.1. The third-order valence-corrected chi connectivity index (χ3v) is 5.56. The van der Waals surface area contributed by atoms with Crippen molar-refractivity contribution in [3.8, 4) is 0 Å². The lowest BCUT2D eigenvalue weighted by Gasteiger charge is -2.04. The molecule has 0 aliphatic heterocycles. The molecule has 0 spiro atoms. The number of hydrogen-bond donors (Lipinski definition) is 1. The van der Waals surface area contributed by atoms with Gasteiger partial charge in [-0.25, -0.2) is 8.42 Å². The zero-order chi connectivity index (χ0) is 14.6. The third kappa shape index (κ3) is 3.91. The molecule has 0 bridgehead atoms. The van der Waals surface area contributed by atoms with Crippen LogP contribution in [0.15, 0.2) is 46.7 Å². The molecule has 1 aromatic heterocycles. The number of aryl methyl sites for hydroxylation is 1. The maximum atomic E-state index is 12.2. The number of carboxylic acid groups (broad SMARTS) is 1. The molecule has 0 unspecified atom stereocenters. The topological polar surface area (TPSA) is 71.4 Å². The highest BCUT2D eigenvalue weighted by atomic mass is 32.2. The van der Waals surface area contributed by atoms with Gasteiger partial charge in [0.1, 0.15) is 0 Å². The summed E-state index contributed by atoms with van der Waals surface area (Å²) < 4.78 is 24.4. The van der Waals surface area contributed by atoms with Gasteiger partial charge in [-0.3, -0.25) is 4.79 Å². The van der Waals surface area contributed by atoms with E-state index in [0.717, 1.165) is 10.4 Å². The minimum Gasteiger partial charge on any atom is -0.481 e. The molecule has 2 rings (SSSR count).